The van der Waals surface area contributed by atoms with Crippen molar-refractivity contribution in [2.24, 2.45) is 0 Å². The highest BCUT2D eigenvalue weighted by molar-refractivity contribution is 5.33. The summed E-state index contributed by atoms with van der Waals surface area (Å²) in [7, 11) is 0. The molecule has 1 saturated carbocycles. The number of nitrogens with zero attached hydrogens (tertiary/aromatic N) is 1. The van der Waals surface area contributed by atoms with E-state index in [1.807, 2.05) is 0 Å². The van der Waals surface area contributed by atoms with Gasteiger partial charge >= 0.3 is 6.18 Å². The molecule has 0 atom stereocenters. The maximum Gasteiger partial charge on any atom is 0.406 e. The molecule has 1 aliphatic rings. The molecule has 18 heavy (non-hydrogen) atoms. The number of alkyl halides is 3. The molecule has 0 heterocycles. The van der Waals surface area contributed by atoms with E-state index in [0.29, 0.717) is 0 Å². The number of hydrogen-bond donors (Lipinski definition) is 1. The van der Waals surface area contributed by atoms with Gasteiger partial charge in [0.2, 0.25) is 0 Å². The molecule has 0 radical (unpaired) electrons. The molecule has 96 valence electrons. The van der Waals surface area contributed by atoms with Crippen molar-refractivity contribution in [3.05, 3.63) is 35.1 Å². The van der Waals surface area contributed by atoms with Gasteiger partial charge in [0.05, 0.1) is 11.6 Å². The lowest BCUT2D eigenvalue weighted by Gasteiger charge is -2.20. The van der Waals surface area contributed by atoms with E-state index < -0.39 is 17.5 Å². The molecule has 1 aromatic carbocycles. The summed E-state index contributed by atoms with van der Waals surface area (Å²) in [4.78, 5) is 0. The van der Waals surface area contributed by atoms with Crippen LogP contribution in [-0.4, -0.2) is 11.7 Å². The second-order valence-electron chi connectivity index (χ2n) is 4.35. The molecule has 0 amide bonds. The van der Waals surface area contributed by atoms with Crippen LogP contribution in [0.3, 0.4) is 0 Å². The quantitative estimate of drug-likeness (QED) is 0.846. The lowest BCUT2D eigenvalue weighted by molar-refractivity contribution is -0.166. The van der Waals surface area contributed by atoms with Crippen molar-refractivity contribution in [3.63, 3.8) is 0 Å². The Morgan fingerprint density at radius 2 is 2.00 bits per heavy atom. The van der Waals surface area contributed by atoms with Gasteiger partial charge in [-0.1, -0.05) is 6.07 Å². The van der Waals surface area contributed by atoms with Gasteiger partial charge in [0, 0.05) is 12.1 Å². The fraction of sp³-hybridized carbons (Fsp3) is 0.417. The van der Waals surface area contributed by atoms with Crippen molar-refractivity contribution in [2.75, 3.05) is 0 Å². The summed E-state index contributed by atoms with van der Waals surface area (Å²) < 4.78 is 51.3. The van der Waals surface area contributed by atoms with Crippen molar-refractivity contribution in [1.29, 1.82) is 5.26 Å². The molecule has 1 aromatic rings. The second kappa shape index (κ2) is 4.25. The highest BCUT2D eigenvalue weighted by atomic mass is 19.4. The lowest BCUT2D eigenvalue weighted by Crippen LogP contribution is -2.44. The van der Waals surface area contributed by atoms with Gasteiger partial charge in [-0.15, -0.1) is 0 Å². The predicted octanol–water partition coefficient (Wildman–Crippen LogP) is 2.88. The van der Waals surface area contributed by atoms with Crippen LogP contribution in [0, 0.1) is 17.1 Å². The number of hydrogen-bond acceptors (Lipinski definition) is 2. The van der Waals surface area contributed by atoms with Crippen LogP contribution < -0.4 is 5.32 Å². The third-order valence-corrected chi connectivity index (χ3v) is 3.09. The Kier molecular flexibility index (Phi) is 3.03. The normalized spacial score (nSPS) is 17.3. The average Bonchev–Trinajstić information content (AvgIpc) is 3.07. The van der Waals surface area contributed by atoms with E-state index in [-0.39, 0.29) is 30.5 Å². The van der Waals surface area contributed by atoms with E-state index in [2.05, 4.69) is 5.32 Å². The van der Waals surface area contributed by atoms with Crippen LogP contribution in [0.15, 0.2) is 18.2 Å². The Balaban J connectivity index is 2.06. The number of halogens is 4. The maximum atomic E-state index is 13.5. The zero-order valence-electron chi connectivity index (χ0n) is 9.31. The van der Waals surface area contributed by atoms with Crippen LogP contribution in [-0.2, 0) is 6.54 Å². The van der Waals surface area contributed by atoms with Crippen LogP contribution >= 0.6 is 0 Å². The third kappa shape index (κ3) is 2.31. The molecule has 0 unspecified atom stereocenters. The van der Waals surface area contributed by atoms with E-state index in [9.17, 15) is 17.6 Å². The summed E-state index contributed by atoms with van der Waals surface area (Å²) in [5.41, 5.74) is -1.58. The molecular weight excluding hydrogens is 248 g/mol. The molecule has 2 rings (SSSR count). The van der Waals surface area contributed by atoms with Gasteiger partial charge in [-0.05, 0) is 25.0 Å². The fourth-order valence-corrected chi connectivity index (χ4v) is 1.71. The Morgan fingerprint density at radius 1 is 1.33 bits per heavy atom. The zero-order chi connectivity index (χ0) is 13.4. The largest absolute Gasteiger partial charge is 0.406 e. The van der Waals surface area contributed by atoms with Gasteiger partial charge in [0.1, 0.15) is 11.4 Å². The van der Waals surface area contributed by atoms with Crippen LogP contribution in [0.2, 0.25) is 0 Å². The summed E-state index contributed by atoms with van der Waals surface area (Å²) in [6, 6.07) is 5.49. The summed E-state index contributed by atoms with van der Waals surface area (Å²) in [6.45, 7) is -0.197. The molecule has 6 heteroatoms. The van der Waals surface area contributed by atoms with Gasteiger partial charge < -0.3 is 0 Å². The Morgan fingerprint density at radius 3 is 2.44 bits per heavy atom. The molecule has 1 fully saturated rings. The van der Waals surface area contributed by atoms with E-state index in [1.54, 1.807) is 6.07 Å². The summed E-state index contributed by atoms with van der Waals surface area (Å²) in [6.07, 6.45) is -4.27. The fourth-order valence-electron chi connectivity index (χ4n) is 1.71. The minimum absolute atomic E-state index is 0.0222. The number of nitrogens with one attached hydrogen (secondary N) is 1. The van der Waals surface area contributed by atoms with E-state index in [1.165, 1.54) is 12.1 Å². The second-order valence-corrected chi connectivity index (χ2v) is 4.35. The van der Waals surface area contributed by atoms with Crippen molar-refractivity contribution in [2.45, 2.75) is 31.1 Å². The number of rotatable bonds is 3. The first kappa shape index (κ1) is 12.8. The van der Waals surface area contributed by atoms with Crippen LogP contribution in [0.1, 0.15) is 24.0 Å². The van der Waals surface area contributed by atoms with E-state index >= 15 is 0 Å². The number of benzene rings is 1. The van der Waals surface area contributed by atoms with Crippen molar-refractivity contribution >= 4 is 0 Å². The van der Waals surface area contributed by atoms with Crippen LogP contribution in [0.25, 0.3) is 0 Å². The molecular formula is C12H10F4N2. The predicted molar refractivity (Wildman–Crippen MR) is 56.0 cm³/mol. The average molecular weight is 258 g/mol. The standard InChI is InChI=1S/C12H10F4N2/c13-10-5-8(6-17)1-2-9(10)7-18-11(3-4-11)12(14,15)16/h1-2,5,18H,3-4,7H2. The zero-order valence-corrected chi connectivity index (χ0v) is 9.31. The van der Waals surface area contributed by atoms with Crippen molar-refractivity contribution in [1.82, 2.24) is 5.32 Å². The molecule has 0 saturated heterocycles. The lowest BCUT2D eigenvalue weighted by atomic mass is 10.1. The molecule has 0 spiro atoms. The van der Waals surface area contributed by atoms with Gasteiger partial charge in [-0.2, -0.15) is 18.4 Å². The summed E-state index contributed by atoms with van der Waals surface area (Å²) >= 11 is 0. The Bertz CT molecular complexity index is 498. The molecule has 2 nitrogen and oxygen atoms in total. The Labute approximate surface area is 101 Å². The van der Waals surface area contributed by atoms with E-state index in [0.717, 1.165) is 6.07 Å². The Hall–Kier alpha value is -1.61. The van der Waals surface area contributed by atoms with Gasteiger partial charge in [-0.25, -0.2) is 4.39 Å². The molecule has 0 aromatic heterocycles. The SMILES string of the molecule is N#Cc1ccc(CNC2(C(F)(F)F)CC2)c(F)c1. The first-order chi connectivity index (χ1) is 8.38. The van der Waals surface area contributed by atoms with E-state index in [4.69, 9.17) is 5.26 Å². The smallest absolute Gasteiger partial charge is 0.299 e. The maximum absolute atomic E-state index is 13.5. The minimum atomic E-state index is -4.31. The van der Waals surface area contributed by atoms with Crippen LogP contribution in [0.4, 0.5) is 17.6 Å². The number of nitriles is 1. The van der Waals surface area contributed by atoms with Gasteiger partial charge in [-0.3, -0.25) is 5.32 Å². The monoisotopic (exact) mass is 258 g/mol. The topological polar surface area (TPSA) is 35.8 Å². The summed E-state index contributed by atoms with van der Waals surface area (Å²) in [5.74, 6) is -0.667. The third-order valence-electron chi connectivity index (χ3n) is 3.09. The van der Waals surface area contributed by atoms with Gasteiger partial charge in [0.15, 0.2) is 0 Å². The summed E-state index contributed by atoms with van der Waals surface area (Å²) in [5, 5.41) is 10.9. The van der Waals surface area contributed by atoms with Gasteiger partial charge in [0.25, 0.3) is 0 Å². The molecule has 0 bridgehead atoms. The van der Waals surface area contributed by atoms with Crippen LogP contribution in [0.5, 0.6) is 0 Å². The highest BCUT2D eigenvalue weighted by Gasteiger charge is 2.62. The highest BCUT2D eigenvalue weighted by Crippen LogP contribution is 2.49. The first-order valence-corrected chi connectivity index (χ1v) is 5.38. The van der Waals surface area contributed by atoms with Crippen molar-refractivity contribution in [3.8, 4) is 6.07 Å². The van der Waals surface area contributed by atoms with Crippen molar-refractivity contribution < 1.29 is 17.6 Å². The first-order valence-electron chi connectivity index (χ1n) is 5.38. The minimum Gasteiger partial charge on any atom is -0.299 e. The molecule has 0 aliphatic heterocycles. The molecule has 1 N–H and O–H groups in total. The molecule has 1 aliphatic carbocycles.